The van der Waals surface area contributed by atoms with Crippen LogP contribution in [0.1, 0.15) is 5.56 Å². The van der Waals surface area contributed by atoms with E-state index in [2.05, 4.69) is 15.9 Å². The van der Waals surface area contributed by atoms with Crippen molar-refractivity contribution >= 4 is 15.9 Å². The highest BCUT2D eigenvalue weighted by Gasteiger charge is 2.01. The second-order valence-corrected chi connectivity index (χ2v) is 4.91. The summed E-state index contributed by atoms with van der Waals surface area (Å²) in [6.45, 7) is 3.02. The predicted molar refractivity (Wildman–Crippen MR) is 75.1 cm³/mol. The molecule has 2 rings (SSSR count). The van der Waals surface area contributed by atoms with Crippen molar-refractivity contribution < 1.29 is 4.74 Å². The normalized spacial score (nSPS) is 10.3. The number of pyridine rings is 1. The van der Waals surface area contributed by atoms with Gasteiger partial charge in [0.15, 0.2) is 0 Å². The molecule has 0 spiro atoms. The minimum absolute atomic E-state index is 0.00735. The van der Waals surface area contributed by atoms with Gasteiger partial charge in [-0.25, -0.2) is 0 Å². The third kappa shape index (κ3) is 3.23. The summed E-state index contributed by atoms with van der Waals surface area (Å²) in [5.74, 6) is 0.841. The number of halogens is 1. The number of aryl methyl sites for hydroxylation is 1. The molecule has 0 N–H and O–H groups in total. The Kier molecular flexibility index (Phi) is 4.20. The van der Waals surface area contributed by atoms with Crippen LogP contribution in [0.4, 0.5) is 0 Å². The summed E-state index contributed by atoms with van der Waals surface area (Å²) in [6, 6.07) is 11.0. The molecule has 0 saturated heterocycles. The molecule has 2 aromatic rings. The van der Waals surface area contributed by atoms with Crippen LogP contribution in [-0.4, -0.2) is 11.2 Å². The van der Waals surface area contributed by atoms with Crippen LogP contribution in [-0.2, 0) is 6.54 Å². The van der Waals surface area contributed by atoms with Crippen LogP contribution >= 0.6 is 15.9 Å². The molecule has 0 aliphatic carbocycles. The molecule has 0 aliphatic rings. The van der Waals surface area contributed by atoms with Crippen molar-refractivity contribution in [3.05, 3.63) is 63.0 Å². The third-order valence-corrected chi connectivity index (χ3v) is 3.13. The summed E-state index contributed by atoms with van der Waals surface area (Å²) >= 11 is 3.41. The molecule has 0 atom stereocenters. The molecule has 0 fully saturated rings. The molecule has 0 unspecified atom stereocenters. The average molecular weight is 308 g/mol. The molecule has 3 nitrogen and oxygen atoms in total. The quantitative estimate of drug-likeness (QED) is 0.869. The fourth-order valence-electron chi connectivity index (χ4n) is 1.63. The van der Waals surface area contributed by atoms with E-state index in [4.69, 9.17) is 4.74 Å². The zero-order valence-corrected chi connectivity index (χ0v) is 11.7. The van der Waals surface area contributed by atoms with Gasteiger partial charge >= 0.3 is 0 Å². The van der Waals surface area contributed by atoms with E-state index in [1.165, 1.54) is 0 Å². The summed E-state index contributed by atoms with van der Waals surface area (Å²) < 4.78 is 8.31. The van der Waals surface area contributed by atoms with E-state index in [0.717, 1.165) is 15.8 Å². The molecule has 1 aromatic carbocycles. The summed E-state index contributed by atoms with van der Waals surface area (Å²) in [6.07, 6.45) is 1.76. The molecule has 4 heteroatoms. The van der Waals surface area contributed by atoms with E-state index in [0.29, 0.717) is 13.2 Å². The van der Waals surface area contributed by atoms with Crippen molar-refractivity contribution in [1.29, 1.82) is 0 Å². The fraction of sp³-hybridized carbons (Fsp3) is 0.214. The molecule has 0 bridgehead atoms. The highest BCUT2D eigenvalue weighted by molar-refractivity contribution is 9.10. The summed E-state index contributed by atoms with van der Waals surface area (Å²) in [5.41, 5.74) is 1.07. The van der Waals surface area contributed by atoms with E-state index < -0.39 is 0 Å². The Morgan fingerprint density at radius 1 is 1.28 bits per heavy atom. The zero-order chi connectivity index (χ0) is 13.0. The number of hydrogen-bond donors (Lipinski definition) is 0. The minimum Gasteiger partial charge on any atom is -0.491 e. The molecule has 0 radical (unpaired) electrons. The van der Waals surface area contributed by atoms with Crippen molar-refractivity contribution in [2.75, 3.05) is 6.61 Å². The van der Waals surface area contributed by atoms with Crippen molar-refractivity contribution in [3.8, 4) is 5.75 Å². The van der Waals surface area contributed by atoms with Gasteiger partial charge < -0.3 is 9.30 Å². The molecule has 0 saturated carbocycles. The first-order chi connectivity index (χ1) is 8.66. The Balaban J connectivity index is 1.99. The Bertz CT molecular complexity index is 592. The highest BCUT2D eigenvalue weighted by atomic mass is 79.9. The fourth-order valence-corrected chi connectivity index (χ4v) is 1.97. The molecule has 0 aliphatic heterocycles. The van der Waals surface area contributed by atoms with Crippen LogP contribution in [0.5, 0.6) is 5.75 Å². The maximum Gasteiger partial charge on any atom is 0.250 e. The standard InChI is InChI=1S/C14H14BrNO2/c1-11-5-6-12(15)10-13(11)18-9-8-16-7-3-2-4-14(16)17/h2-7,10H,8-9H2,1H3. The summed E-state index contributed by atoms with van der Waals surface area (Å²) in [7, 11) is 0. The molecule has 94 valence electrons. The second kappa shape index (κ2) is 5.87. The highest BCUT2D eigenvalue weighted by Crippen LogP contribution is 2.22. The van der Waals surface area contributed by atoms with Crippen molar-refractivity contribution in [2.24, 2.45) is 0 Å². The summed E-state index contributed by atoms with van der Waals surface area (Å²) in [4.78, 5) is 11.5. The van der Waals surface area contributed by atoms with Crippen molar-refractivity contribution in [2.45, 2.75) is 13.5 Å². The lowest BCUT2D eigenvalue weighted by atomic mass is 10.2. The third-order valence-electron chi connectivity index (χ3n) is 2.64. The molecular weight excluding hydrogens is 294 g/mol. The van der Waals surface area contributed by atoms with Crippen molar-refractivity contribution in [3.63, 3.8) is 0 Å². The van der Waals surface area contributed by atoms with E-state index in [-0.39, 0.29) is 5.56 Å². The molecule has 0 amide bonds. The van der Waals surface area contributed by atoms with Gasteiger partial charge in [0.2, 0.25) is 0 Å². The Morgan fingerprint density at radius 2 is 2.11 bits per heavy atom. The molecule has 18 heavy (non-hydrogen) atoms. The Morgan fingerprint density at radius 3 is 2.89 bits per heavy atom. The van der Waals surface area contributed by atoms with E-state index in [9.17, 15) is 4.79 Å². The molecule has 1 heterocycles. The maximum absolute atomic E-state index is 11.5. The number of benzene rings is 1. The van der Waals surface area contributed by atoms with E-state index in [1.807, 2.05) is 31.2 Å². The van der Waals surface area contributed by atoms with Gasteiger partial charge in [0.1, 0.15) is 12.4 Å². The maximum atomic E-state index is 11.5. The SMILES string of the molecule is Cc1ccc(Br)cc1OCCn1ccccc1=O. The minimum atomic E-state index is -0.00735. The lowest BCUT2D eigenvalue weighted by Gasteiger charge is -2.10. The lowest BCUT2D eigenvalue weighted by Crippen LogP contribution is -2.21. The van der Waals surface area contributed by atoms with Gasteiger partial charge in [0, 0.05) is 16.7 Å². The Labute approximate surface area is 114 Å². The monoisotopic (exact) mass is 307 g/mol. The molecule has 1 aromatic heterocycles. The number of ether oxygens (including phenoxy) is 1. The van der Waals surface area contributed by atoms with Crippen LogP contribution in [0.3, 0.4) is 0 Å². The van der Waals surface area contributed by atoms with E-state index >= 15 is 0 Å². The number of hydrogen-bond acceptors (Lipinski definition) is 2. The number of nitrogens with zero attached hydrogens (tertiary/aromatic N) is 1. The van der Waals surface area contributed by atoms with Gasteiger partial charge in [-0.1, -0.05) is 28.1 Å². The van der Waals surface area contributed by atoms with Crippen LogP contribution in [0.2, 0.25) is 0 Å². The van der Waals surface area contributed by atoms with Gasteiger partial charge in [-0.15, -0.1) is 0 Å². The zero-order valence-electron chi connectivity index (χ0n) is 10.1. The van der Waals surface area contributed by atoms with Crippen LogP contribution < -0.4 is 10.3 Å². The van der Waals surface area contributed by atoms with Crippen LogP contribution in [0, 0.1) is 6.92 Å². The first-order valence-electron chi connectivity index (χ1n) is 5.71. The van der Waals surface area contributed by atoms with Gasteiger partial charge in [-0.2, -0.15) is 0 Å². The lowest BCUT2D eigenvalue weighted by molar-refractivity contribution is 0.294. The average Bonchev–Trinajstić information content (AvgIpc) is 2.36. The summed E-state index contributed by atoms with van der Waals surface area (Å²) in [5, 5.41) is 0. The second-order valence-electron chi connectivity index (χ2n) is 3.99. The van der Waals surface area contributed by atoms with Gasteiger partial charge in [0.05, 0.1) is 6.54 Å². The number of rotatable bonds is 4. The Hall–Kier alpha value is -1.55. The molecular formula is C14H14BrNO2. The van der Waals surface area contributed by atoms with E-state index in [1.54, 1.807) is 22.9 Å². The van der Waals surface area contributed by atoms with Crippen molar-refractivity contribution in [1.82, 2.24) is 4.57 Å². The first-order valence-corrected chi connectivity index (χ1v) is 6.50. The number of aromatic nitrogens is 1. The van der Waals surface area contributed by atoms with Gasteiger partial charge in [0.25, 0.3) is 5.56 Å². The predicted octanol–water partition coefficient (Wildman–Crippen LogP) is 3.00. The van der Waals surface area contributed by atoms with Crippen LogP contribution in [0.25, 0.3) is 0 Å². The first kappa shape index (κ1) is 12.9. The van der Waals surface area contributed by atoms with Gasteiger partial charge in [-0.05, 0) is 30.7 Å². The smallest absolute Gasteiger partial charge is 0.250 e. The van der Waals surface area contributed by atoms with Crippen LogP contribution in [0.15, 0.2) is 51.9 Å². The largest absolute Gasteiger partial charge is 0.491 e. The topological polar surface area (TPSA) is 31.2 Å². The van der Waals surface area contributed by atoms with Gasteiger partial charge in [-0.3, -0.25) is 4.79 Å².